The summed E-state index contributed by atoms with van der Waals surface area (Å²) in [7, 11) is 3.98. The summed E-state index contributed by atoms with van der Waals surface area (Å²) in [6.45, 7) is 4.32. The van der Waals surface area contributed by atoms with E-state index < -0.39 is 0 Å². The molecule has 5 heteroatoms. The van der Waals surface area contributed by atoms with E-state index in [0.717, 1.165) is 5.56 Å². The Balaban J connectivity index is 1.84. The zero-order valence-electron chi connectivity index (χ0n) is 16.1. The highest BCUT2D eigenvalue weighted by Crippen LogP contribution is 2.21. The summed E-state index contributed by atoms with van der Waals surface area (Å²) in [6, 6.07) is 14.4. The molecule has 0 fully saturated rings. The van der Waals surface area contributed by atoms with E-state index >= 15 is 0 Å². The van der Waals surface area contributed by atoms with Crippen molar-refractivity contribution in [1.82, 2.24) is 15.2 Å². The van der Waals surface area contributed by atoms with E-state index in [2.05, 4.69) is 46.4 Å². The number of rotatable bonds is 5. The van der Waals surface area contributed by atoms with E-state index in [1.807, 2.05) is 14.1 Å². The monoisotopic (exact) mass is 365 g/mol. The number of halogens is 1. The lowest BCUT2D eigenvalue weighted by Gasteiger charge is -2.25. The van der Waals surface area contributed by atoms with Crippen LogP contribution >= 0.6 is 0 Å². The maximum Gasteiger partial charge on any atom is 0.252 e. The van der Waals surface area contributed by atoms with Crippen LogP contribution in [0.5, 0.6) is 0 Å². The van der Waals surface area contributed by atoms with Crippen LogP contribution in [0.2, 0.25) is 0 Å². The second-order valence-electron chi connectivity index (χ2n) is 7.07. The molecule has 0 saturated carbocycles. The number of nitrogens with one attached hydrogen (secondary N) is 1. The van der Waals surface area contributed by atoms with Gasteiger partial charge in [-0.1, -0.05) is 29.8 Å². The maximum atomic E-state index is 13.5. The van der Waals surface area contributed by atoms with Crippen LogP contribution in [-0.2, 0) is 0 Å². The molecule has 0 aliphatic rings. The first-order valence-corrected chi connectivity index (χ1v) is 8.93. The summed E-state index contributed by atoms with van der Waals surface area (Å²) in [6.07, 6.45) is 0. The predicted molar refractivity (Wildman–Crippen MR) is 106 cm³/mol. The molecule has 140 valence electrons. The van der Waals surface area contributed by atoms with E-state index in [-0.39, 0.29) is 17.8 Å². The van der Waals surface area contributed by atoms with Gasteiger partial charge >= 0.3 is 0 Å². The lowest BCUT2D eigenvalue weighted by atomic mass is 10.0. The van der Waals surface area contributed by atoms with E-state index in [9.17, 15) is 9.18 Å². The molecule has 1 heterocycles. The predicted octanol–water partition coefficient (Wildman–Crippen LogP) is 4.02. The molecule has 2 aromatic carbocycles. The number of amides is 1. The van der Waals surface area contributed by atoms with Crippen molar-refractivity contribution < 1.29 is 9.18 Å². The van der Waals surface area contributed by atoms with Crippen LogP contribution < -0.4 is 5.32 Å². The number of carbonyl (C=O) groups excluding carboxylic acids is 1. The number of fused-ring (bicyclic) bond motifs is 1. The molecule has 3 rings (SSSR count). The largest absolute Gasteiger partial charge is 0.350 e. The van der Waals surface area contributed by atoms with Gasteiger partial charge in [0.1, 0.15) is 5.82 Å². The molecule has 1 atom stereocenters. The average Bonchev–Trinajstić information content (AvgIpc) is 2.61. The lowest BCUT2D eigenvalue weighted by molar-refractivity contribution is 0.0943. The van der Waals surface area contributed by atoms with Crippen molar-refractivity contribution in [2.24, 2.45) is 0 Å². The van der Waals surface area contributed by atoms with Crippen molar-refractivity contribution in [1.29, 1.82) is 0 Å². The van der Waals surface area contributed by atoms with E-state index in [1.54, 1.807) is 19.1 Å². The maximum absolute atomic E-state index is 13.5. The fraction of sp³-hybridized carbons (Fsp3) is 0.273. The van der Waals surface area contributed by atoms with Crippen LogP contribution in [0.1, 0.15) is 33.2 Å². The van der Waals surface area contributed by atoms with Crippen molar-refractivity contribution in [2.45, 2.75) is 19.9 Å². The Morgan fingerprint density at radius 3 is 2.48 bits per heavy atom. The van der Waals surface area contributed by atoms with Crippen molar-refractivity contribution in [3.05, 3.63) is 76.7 Å². The third kappa shape index (κ3) is 4.31. The van der Waals surface area contributed by atoms with Crippen LogP contribution in [-0.4, -0.2) is 36.4 Å². The van der Waals surface area contributed by atoms with Gasteiger partial charge < -0.3 is 10.2 Å². The molecule has 0 radical (unpaired) electrons. The van der Waals surface area contributed by atoms with E-state index in [0.29, 0.717) is 28.7 Å². The number of hydrogen-bond acceptors (Lipinski definition) is 3. The molecule has 4 nitrogen and oxygen atoms in total. The van der Waals surface area contributed by atoms with Gasteiger partial charge in [0, 0.05) is 23.7 Å². The Labute approximate surface area is 159 Å². The molecule has 0 saturated heterocycles. The SMILES string of the molecule is Cc1ccc(C(CNC(=O)c2cc(C)nc3cc(F)ccc23)N(C)C)cc1. The van der Waals surface area contributed by atoms with Crippen molar-refractivity contribution in [2.75, 3.05) is 20.6 Å². The van der Waals surface area contributed by atoms with Crippen molar-refractivity contribution in [3.63, 3.8) is 0 Å². The smallest absolute Gasteiger partial charge is 0.252 e. The van der Waals surface area contributed by atoms with Gasteiger partial charge in [0.15, 0.2) is 0 Å². The zero-order valence-corrected chi connectivity index (χ0v) is 16.1. The van der Waals surface area contributed by atoms with Crippen LogP contribution in [0.3, 0.4) is 0 Å². The van der Waals surface area contributed by atoms with Crippen LogP contribution in [0.15, 0.2) is 48.5 Å². The number of pyridine rings is 1. The lowest BCUT2D eigenvalue weighted by Crippen LogP contribution is -2.34. The summed E-state index contributed by atoms with van der Waals surface area (Å²) in [5.41, 5.74) is 4.03. The molecule has 0 aliphatic heterocycles. The highest BCUT2D eigenvalue weighted by Gasteiger charge is 2.17. The van der Waals surface area contributed by atoms with E-state index in [4.69, 9.17) is 0 Å². The quantitative estimate of drug-likeness (QED) is 0.743. The molecule has 1 amide bonds. The Morgan fingerprint density at radius 1 is 1.11 bits per heavy atom. The van der Waals surface area contributed by atoms with Gasteiger partial charge in [-0.2, -0.15) is 0 Å². The minimum Gasteiger partial charge on any atom is -0.350 e. The first kappa shape index (κ1) is 19.0. The molecule has 0 bridgehead atoms. The van der Waals surface area contributed by atoms with Crippen LogP contribution in [0.25, 0.3) is 10.9 Å². The van der Waals surface area contributed by atoms with E-state index in [1.165, 1.54) is 17.7 Å². The summed E-state index contributed by atoms with van der Waals surface area (Å²) in [4.78, 5) is 19.3. The number of carbonyl (C=O) groups is 1. The number of benzene rings is 2. The van der Waals surface area contributed by atoms with Crippen molar-refractivity contribution >= 4 is 16.8 Å². The third-order valence-electron chi connectivity index (χ3n) is 4.69. The molecule has 3 aromatic rings. The zero-order chi connectivity index (χ0) is 19.6. The van der Waals surface area contributed by atoms with Crippen molar-refractivity contribution in [3.8, 4) is 0 Å². The highest BCUT2D eigenvalue weighted by atomic mass is 19.1. The first-order chi connectivity index (χ1) is 12.8. The Kier molecular flexibility index (Phi) is 5.51. The molecule has 1 N–H and O–H groups in total. The van der Waals surface area contributed by atoms with Gasteiger partial charge in [0.2, 0.25) is 0 Å². The first-order valence-electron chi connectivity index (χ1n) is 8.93. The average molecular weight is 365 g/mol. The fourth-order valence-electron chi connectivity index (χ4n) is 3.19. The van der Waals surface area contributed by atoms with Gasteiger partial charge in [0.25, 0.3) is 5.91 Å². The third-order valence-corrected chi connectivity index (χ3v) is 4.69. The number of hydrogen-bond donors (Lipinski definition) is 1. The Morgan fingerprint density at radius 2 is 1.81 bits per heavy atom. The molecule has 0 spiro atoms. The molecule has 1 aromatic heterocycles. The normalized spacial score (nSPS) is 12.4. The number of aromatic nitrogens is 1. The van der Waals surface area contributed by atoms with Gasteiger partial charge in [-0.15, -0.1) is 0 Å². The van der Waals surface area contributed by atoms with Gasteiger partial charge in [-0.05, 0) is 51.7 Å². The van der Waals surface area contributed by atoms with Gasteiger partial charge in [0.05, 0.1) is 17.1 Å². The standard InChI is InChI=1S/C22H24FN3O/c1-14-5-7-16(8-6-14)21(26(3)4)13-24-22(27)19-11-15(2)25-20-12-17(23)9-10-18(19)20/h5-12,21H,13H2,1-4H3,(H,24,27). The topological polar surface area (TPSA) is 45.2 Å². The molecular weight excluding hydrogens is 341 g/mol. The molecule has 0 aliphatic carbocycles. The van der Waals surface area contributed by atoms with Crippen LogP contribution in [0, 0.1) is 19.7 Å². The summed E-state index contributed by atoms with van der Waals surface area (Å²) in [5, 5.41) is 3.67. The second-order valence-corrected chi connectivity index (χ2v) is 7.07. The molecule has 1 unspecified atom stereocenters. The fourth-order valence-corrected chi connectivity index (χ4v) is 3.19. The summed E-state index contributed by atoms with van der Waals surface area (Å²) < 4.78 is 13.5. The molecule has 27 heavy (non-hydrogen) atoms. The Bertz CT molecular complexity index is 962. The highest BCUT2D eigenvalue weighted by molar-refractivity contribution is 6.06. The minimum atomic E-state index is -0.362. The Hall–Kier alpha value is -2.79. The number of likely N-dealkylation sites (N-methyl/N-ethyl adjacent to an activating group) is 1. The van der Waals surface area contributed by atoms with Gasteiger partial charge in [-0.25, -0.2) is 4.39 Å². The minimum absolute atomic E-state index is 0.0567. The van der Waals surface area contributed by atoms with Gasteiger partial charge in [-0.3, -0.25) is 9.78 Å². The summed E-state index contributed by atoms with van der Waals surface area (Å²) >= 11 is 0. The molecular formula is C22H24FN3O. The number of aryl methyl sites for hydroxylation is 2. The summed E-state index contributed by atoms with van der Waals surface area (Å²) in [5.74, 6) is -0.546. The number of nitrogens with zero attached hydrogens (tertiary/aromatic N) is 2. The second kappa shape index (κ2) is 7.84. The van der Waals surface area contributed by atoms with Crippen LogP contribution in [0.4, 0.5) is 4.39 Å².